The van der Waals surface area contributed by atoms with Crippen LogP contribution in [-0.2, 0) is 0 Å². The van der Waals surface area contributed by atoms with Crippen molar-refractivity contribution in [1.82, 2.24) is 5.32 Å². The third kappa shape index (κ3) is 5.26. The molecule has 0 aromatic heterocycles. The van der Waals surface area contributed by atoms with Crippen LogP contribution in [0.2, 0.25) is 0 Å². The van der Waals surface area contributed by atoms with Crippen LogP contribution in [0.1, 0.15) is 79.6 Å². The Morgan fingerprint density at radius 1 is 1.09 bits per heavy atom. The Bertz CT molecular complexity index is 468. The van der Waals surface area contributed by atoms with E-state index in [1.165, 1.54) is 49.8 Å². The summed E-state index contributed by atoms with van der Waals surface area (Å²) in [5, 5.41) is 3.94. The maximum atomic E-state index is 3.94. The van der Waals surface area contributed by atoms with Crippen molar-refractivity contribution in [3.8, 4) is 0 Å². The van der Waals surface area contributed by atoms with Crippen LogP contribution in [0.5, 0.6) is 0 Å². The van der Waals surface area contributed by atoms with Gasteiger partial charge < -0.3 is 5.32 Å². The Hall–Kier alpha value is -0.980. The predicted molar refractivity (Wildman–Crippen MR) is 102 cm³/mol. The van der Waals surface area contributed by atoms with E-state index in [-0.39, 0.29) is 0 Å². The van der Waals surface area contributed by atoms with E-state index >= 15 is 0 Å². The Morgan fingerprint density at radius 2 is 1.87 bits per heavy atom. The van der Waals surface area contributed by atoms with Crippen molar-refractivity contribution in [3.05, 3.63) is 35.1 Å². The van der Waals surface area contributed by atoms with Gasteiger partial charge in [0.2, 0.25) is 0 Å². The molecule has 0 radical (unpaired) electrons. The lowest BCUT2D eigenvalue weighted by molar-refractivity contribution is 0.501. The fraction of sp³-hybridized carbons (Fsp3) is 0.727. The standard InChI is InChI=1S/C22H37N/c1-6-20-11-9-7-8-10-17(3)22(19(5)15-18(20)4)23-21-13-12-16(2)14-21/h7-8,15-17,20-21,23H,6,9-14H2,1-5H3/b8-7-,18-15?,22-19+. The molecule has 0 saturated heterocycles. The monoisotopic (exact) mass is 315 g/mol. The minimum absolute atomic E-state index is 0.587. The highest BCUT2D eigenvalue weighted by atomic mass is 14.9. The SMILES string of the molecule is CCC1CC/C=C\CC(C)/C(NC2CCC(C)C2)=C(/C)C=C1C. The van der Waals surface area contributed by atoms with Gasteiger partial charge in [-0.3, -0.25) is 0 Å². The molecule has 2 aliphatic rings. The molecular weight excluding hydrogens is 278 g/mol. The van der Waals surface area contributed by atoms with Crippen molar-refractivity contribution < 1.29 is 0 Å². The highest BCUT2D eigenvalue weighted by molar-refractivity contribution is 5.29. The molecule has 0 aliphatic heterocycles. The molecule has 0 bridgehead atoms. The molecule has 0 aromatic carbocycles. The number of allylic oxidation sites excluding steroid dienone is 6. The largest absolute Gasteiger partial charge is 0.385 e. The van der Waals surface area contributed by atoms with Gasteiger partial charge in [0.1, 0.15) is 0 Å². The minimum atomic E-state index is 0.587. The van der Waals surface area contributed by atoms with E-state index in [0.717, 1.165) is 18.3 Å². The fourth-order valence-electron chi connectivity index (χ4n) is 4.33. The molecule has 2 aliphatic carbocycles. The Morgan fingerprint density at radius 3 is 2.52 bits per heavy atom. The number of nitrogens with one attached hydrogen (secondary N) is 1. The summed E-state index contributed by atoms with van der Waals surface area (Å²) in [6.07, 6.45) is 16.3. The van der Waals surface area contributed by atoms with Crippen LogP contribution in [0.15, 0.2) is 35.1 Å². The first kappa shape index (κ1) is 18.4. The number of hydrogen-bond donors (Lipinski definition) is 1. The van der Waals surface area contributed by atoms with E-state index in [4.69, 9.17) is 0 Å². The third-order valence-electron chi connectivity index (χ3n) is 5.89. The van der Waals surface area contributed by atoms with Crippen molar-refractivity contribution in [2.24, 2.45) is 17.8 Å². The molecule has 0 aromatic rings. The quantitative estimate of drug-likeness (QED) is 0.595. The first-order chi connectivity index (χ1) is 11.0. The lowest BCUT2D eigenvalue weighted by Crippen LogP contribution is -2.29. The Kier molecular flexibility index (Phi) is 6.99. The summed E-state index contributed by atoms with van der Waals surface area (Å²) in [6.45, 7) is 11.7. The molecule has 0 amide bonds. The van der Waals surface area contributed by atoms with Gasteiger partial charge in [-0.1, -0.05) is 44.6 Å². The van der Waals surface area contributed by atoms with Crippen molar-refractivity contribution in [3.63, 3.8) is 0 Å². The Labute approximate surface area is 144 Å². The molecule has 4 unspecified atom stereocenters. The van der Waals surface area contributed by atoms with Gasteiger partial charge in [0.15, 0.2) is 0 Å². The zero-order valence-corrected chi connectivity index (χ0v) is 16.0. The van der Waals surface area contributed by atoms with Gasteiger partial charge in [-0.05, 0) is 82.1 Å². The summed E-state index contributed by atoms with van der Waals surface area (Å²) in [4.78, 5) is 0. The van der Waals surface area contributed by atoms with Crippen LogP contribution in [0.4, 0.5) is 0 Å². The van der Waals surface area contributed by atoms with Crippen LogP contribution in [-0.4, -0.2) is 6.04 Å². The van der Waals surface area contributed by atoms with Crippen molar-refractivity contribution in [2.75, 3.05) is 0 Å². The van der Waals surface area contributed by atoms with E-state index in [1.54, 1.807) is 5.57 Å². The van der Waals surface area contributed by atoms with E-state index < -0.39 is 0 Å². The van der Waals surface area contributed by atoms with Gasteiger partial charge in [0.05, 0.1) is 0 Å². The first-order valence-electron chi connectivity index (χ1n) is 9.81. The molecule has 4 atom stereocenters. The van der Waals surface area contributed by atoms with E-state index in [9.17, 15) is 0 Å². The zero-order valence-electron chi connectivity index (χ0n) is 16.0. The molecule has 1 saturated carbocycles. The second kappa shape index (κ2) is 8.76. The molecule has 130 valence electrons. The van der Waals surface area contributed by atoms with Crippen LogP contribution in [0.3, 0.4) is 0 Å². The molecule has 0 heterocycles. The molecule has 2 rings (SSSR count). The highest BCUT2D eigenvalue weighted by Crippen LogP contribution is 2.30. The first-order valence-corrected chi connectivity index (χ1v) is 9.81. The van der Waals surface area contributed by atoms with Crippen LogP contribution >= 0.6 is 0 Å². The summed E-state index contributed by atoms with van der Waals surface area (Å²) in [5.74, 6) is 2.20. The molecule has 1 heteroatoms. The predicted octanol–water partition coefficient (Wildman–Crippen LogP) is 6.39. The summed E-state index contributed by atoms with van der Waals surface area (Å²) < 4.78 is 0. The van der Waals surface area contributed by atoms with Crippen LogP contribution < -0.4 is 5.32 Å². The summed E-state index contributed by atoms with van der Waals surface area (Å²) >= 11 is 0. The van der Waals surface area contributed by atoms with Gasteiger partial charge in [0.25, 0.3) is 0 Å². The second-order valence-electron chi connectivity index (χ2n) is 8.04. The van der Waals surface area contributed by atoms with Gasteiger partial charge >= 0.3 is 0 Å². The fourth-order valence-corrected chi connectivity index (χ4v) is 4.33. The third-order valence-corrected chi connectivity index (χ3v) is 5.89. The van der Waals surface area contributed by atoms with Crippen molar-refractivity contribution >= 4 is 0 Å². The molecule has 0 spiro atoms. The van der Waals surface area contributed by atoms with Crippen LogP contribution in [0, 0.1) is 17.8 Å². The highest BCUT2D eigenvalue weighted by Gasteiger charge is 2.23. The summed E-state index contributed by atoms with van der Waals surface area (Å²) in [7, 11) is 0. The lowest BCUT2D eigenvalue weighted by Gasteiger charge is -2.24. The molecule has 23 heavy (non-hydrogen) atoms. The Balaban J connectivity index is 2.25. The lowest BCUT2D eigenvalue weighted by atomic mass is 9.91. The number of rotatable bonds is 3. The number of hydrogen-bond acceptors (Lipinski definition) is 1. The van der Waals surface area contributed by atoms with Gasteiger partial charge in [-0.25, -0.2) is 0 Å². The van der Waals surface area contributed by atoms with E-state index in [0.29, 0.717) is 12.0 Å². The van der Waals surface area contributed by atoms with Crippen molar-refractivity contribution in [1.29, 1.82) is 0 Å². The second-order valence-corrected chi connectivity index (χ2v) is 8.04. The summed E-state index contributed by atoms with van der Waals surface area (Å²) in [5.41, 5.74) is 4.51. The zero-order chi connectivity index (χ0) is 16.8. The molecule has 1 nitrogen and oxygen atoms in total. The molecule has 1 fully saturated rings. The maximum absolute atomic E-state index is 3.94. The van der Waals surface area contributed by atoms with Gasteiger partial charge in [-0.15, -0.1) is 0 Å². The topological polar surface area (TPSA) is 12.0 Å². The maximum Gasteiger partial charge on any atom is 0.0261 e. The molecule has 1 N–H and O–H groups in total. The summed E-state index contributed by atoms with van der Waals surface area (Å²) in [6, 6.07) is 0.683. The van der Waals surface area contributed by atoms with Gasteiger partial charge in [-0.2, -0.15) is 0 Å². The van der Waals surface area contributed by atoms with Gasteiger partial charge in [0, 0.05) is 11.7 Å². The average Bonchev–Trinajstić information content (AvgIpc) is 2.91. The minimum Gasteiger partial charge on any atom is -0.385 e. The smallest absolute Gasteiger partial charge is 0.0261 e. The van der Waals surface area contributed by atoms with E-state index in [2.05, 4.69) is 58.2 Å². The molecular formula is C22H37N. The van der Waals surface area contributed by atoms with Crippen LogP contribution in [0.25, 0.3) is 0 Å². The average molecular weight is 316 g/mol. The normalized spacial score (nSPS) is 37.9. The van der Waals surface area contributed by atoms with Crippen molar-refractivity contribution in [2.45, 2.75) is 85.6 Å². The van der Waals surface area contributed by atoms with E-state index in [1.807, 2.05) is 0 Å².